The Balaban J connectivity index is 3.44. The zero-order valence-electron chi connectivity index (χ0n) is 11.4. The summed E-state index contributed by atoms with van der Waals surface area (Å²) in [5.74, 6) is -24.9. The van der Waals surface area contributed by atoms with Crippen LogP contribution in [0.3, 0.4) is 0 Å². The predicted octanol–water partition coefficient (Wildman–Crippen LogP) is 4.32. The summed E-state index contributed by atoms with van der Waals surface area (Å²) in [7, 11) is 0. The van der Waals surface area contributed by atoms with E-state index in [-0.39, 0.29) is 6.07 Å². The SMILES string of the molecule is Cc1cc(C(F)(F)F)nn1C(=O)C(F)(F)C(F)(F)C(F)(F)C(F)(F)F. The van der Waals surface area contributed by atoms with Gasteiger partial charge in [0.1, 0.15) is 0 Å². The van der Waals surface area contributed by atoms with Gasteiger partial charge in [-0.3, -0.25) is 4.79 Å². The van der Waals surface area contributed by atoms with E-state index < -0.39 is 52.1 Å². The molecule has 0 saturated heterocycles. The summed E-state index contributed by atoms with van der Waals surface area (Å²) < 4.78 is 150. The Kier molecular flexibility index (Phi) is 4.66. The molecule has 0 unspecified atom stereocenters. The number of nitrogens with zero attached hydrogens (tertiary/aromatic N) is 2. The highest BCUT2D eigenvalue weighted by atomic mass is 19.4. The van der Waals surface area contributed by atoms with Crippen LogP contribution in [-0.2, 0) is 6.18 Å². The highest BCUT2D eigenvalue weighted by Crippen LogP contribution is 2.53. The second-order valence-electron chi connectivity index (χ2n) is 4.61. The van der Waals surface area contributed by atoms with E-state index in [9.17, 15) is 57.5 Å². The summed E-state index contributed by atoms with van der Waals surface area (Å²) in [6, 6.07) is -0.0754. The minimum atomic E-state index is -7.35. The van der Waals surface area contributed by atoms with Gasteiger partial charge >= 0.3 is 36.0 Å². The smallest absolute Gasteiger partial charge is 0.265 e. The normalized spacial score (nSPS) is 14.8. The zero-order chi connectivity index (χ0) is 20.2. The van der Waals surface area contributed by atoms with Crippen molar-refractivity contribution in [2.75, 3.05) is 0 Å². The molecule has 0 radical (unpaired) electrons. The van der Waals surface area contributed by atoms with Gasteiger partial charge in [0, 0.05) is 5.69 Å². The fourth-order valence-corrected chi connectivity index (χ4v) is 1.46. The Bertz CT molecular complexity index is 668. The molecular formula is C10H4F12N2O. The first kappa shape index (κ1) is 21.1. The number of aryl methyl sites for hydroxylation is 1. The molecule has 0 aliphatic rings. The van der Waals surface area contributed by atoms with Crippen LogP contribution >= 0.6 is 0 Å². The lowest BCUT2D eigenvalue weighted by atomic mass is 10.0. The first-order chi connectivity index (χ1) is 10.8. The molecule has 0 aromatic carbocycles. The van der Waals surface area contributed by atoms with E-state index in [1.807, 2.05) is 0 Å². The standard InChI is InChI=1S/C10H4F12N2O/c1-3-2-4(7(13,14)15)23-24(3)5(25)6(11,12)8(16,17)9(18,19)10(20,21)22/h2H,1H3. The van der Waals surface area contributed by atoms with Crippen molar-refractivity contribution in [1.82, 2.24) is 9.78 Å². The van der Waals surface area contributed by atoms with Crippen LogP contribution in [0, 0.1) is 6.92 Å². The van der Waals surface area contributed by atoms with Gasteiger partial charge in [0.25, 0.3) is 0 Å². The number of rotatable bonds is 3. The summed E-state index contributed by atoms with van der Waals surface area (Å²) in [4.78, 5) is 11.3. The third kappa shape index (κ3) is 3.15. The van der Waals surface area contributed by atoms with Crippen LogP contribution in [0.5, 0.6) is 0 Å². The fourth-order valence-electron chi connectivity index (χ4n) is 1.46. The van der Waals surface area contributed by atoms with Crippen LogP contribution in [-0.4, -0.2) is 39.6 Å². The molecule has 15 heteroatoms. The van der Waals surface area contributed by atoms with Crippen molar-refractivity contribution in [3.05, 3.63) is 17.5 Å². The topological polar surface area (TPSA) is 34.9 Å². The second-order valence-corrected chi connectivity index (χ2v) is 4.61. The van der Waals surface area contributed by atoms with Gasteiger partial charge in [0.15, 0.2) is 5.69 Å². The molecule has 1 rings (SSSR count). The van der Waals surface area contributed by atoms with E-state index >= 15 is 0 Å². The highest BCUT2D eigenvalue weighted by molar-refractivity contribution is 5.87. The molecule has 25 heavy (non-hydrogen) atoms. The van der Waals surface area contributed by atoms with Crippen molar-refractivity contribution in [2.45, 2.75) is 37.0 Å². The molecule has 144 valence electrons. The Morgan fingerprint density at radius 1 is 0.880 bits per heavy atom. The van der Waals surface area contributed by atoms with E-state index in [2.05, 4.69) is 5.10 Å². The number of hydrogen-bond acceptors (Lipinski definition) is 2. The van der Waals surface area contributed by atoms with Gasteiger partial charge in [-0.05, 0) is 13.0 Å². The van der Waals surface area contributed by atoms with Crippen molar-refractivity contribution in [3.8, 4) is 0 Å². The van der Waals surface area contributed by atoms with Crippen LogP contribution in [0.25, 0.3) is 0 Å². The minimum Gasteiger partial charge on any atom is -0.265 e. The Morgan fingerprint density at radius 2 is 1.32 bits per heavy atom. The zero-order valence-corrected chi connectivity index (χ0v) is 11.4. The van der Waals surface area contributed by atoms with Crippen LogP contribution < -0.4 is 0 Å². The Hall–Kier alpha value is -1.96. The number of aromatic nitrogens is 2. The molecule has 0 amide bonds. The van der Waals surface area contributed by atoms with Gasteiger partial charge in [-0.2, -0.15) is 62.5 Å². The lowest BCUT2D eigenvalue weighted by Crippen LogP contribution is -2.64. The van der Waals surface area contributed by atoms with Crippen LogP contribution in [0.2, 0.25) is 0 Å². The maximum absolute atomic E-state index is 13.4. The van der Waals surface area contributed by atoms with Crippen molar-refractivity contribution in [2.24, 2.45) is 0 Å². The van der Waals surface area contributed by atoms with Crippen LogP contribution in [0.1, 0.15) is 16.2 Å². The summed E-state index contributed by atoms with van der Waals surface area (Å²) in [5, 5.41) is 2.21. The molecule has 1 heterocycles. The summed E-state index contributed by atoms with van der Waals surface area (Å²) >= 11 is 0. The number of hydrogen-bond donors (Lipinski definition) is 0. The lowest BCUT2D eigenvalue weighted by molar-refractivity contribution is -0.386. The fraction of sp³-hybridized carbons (Fsp3) is 0.600. The largest absolute Gasteiger partial charge is 0.460 e. The molecule has 0 saturated carbocycles. The van der Waals surface area contributed by atoms with E-state index in [0.29, 0.717) is 6.92 Å². The van der Waals surface area contributed by atoms with Crippen molar-refractivity contribution >= 4 is 5.91 Å². The van der Waals surface area contributed by atoms with Crippen LogP contribution in [0.15, 0.2) is 6.07 Å². The third-order valence-corrected chi connectivity index (χ3v) is 2.78. The molecule has 1 aromatic rings. The molecule has 0 bridgehead atoms. The van der Waals surface area contributed by atoms with E-state index in [1.165, 1.54) is 0 Å². The number of halogens is 12. The van der Waals surface area contributed by atoms with E-state index in [0.717, 1.165) is 0 Å². The van der Waals surface area contributed by atoms with Gasteiger partial charge in [-0.15, -0.1) is 0 Å². The number of carbonyl (C=O) groups excluding carboxylic acids is 1. The van der Waals surface area contributed by atoms with Gasteiger partial charge in [-0.1, -0.05) is 0 Å². The van der Waals surface area contributed by atoms with Gasteiger partial charge in [-0.25, -0.2) is 0 Å². The predicted molar refractivity (Wildman–Crippen MR) is 53.5 cm³/mol. The van der Waals surface area contributed by atoms with Crippen molar-refractivity contribution in [1.29, 1.82) is 0 Å². The average Bonchev–Trinajstić information content (AvgIpc) is 2.77. The first-order valence-corrected chi connectivity index (χ1v) is 5.67. The van der Waals surface area contributed by atoms with E-state index in [4.69, 9.17) is 0 Å². The molecule has 0 N–H and O–H groups in total. The third-order valence-electron chi connectivity index (χ3n) is 2.78. The molecule has 3 nitrogen and oxygen atoms in total. The molecule has 0 spiro atoms. The number of alkyl halides is 12. The average molecular weight is 396 g/mol. The van der Waals surface area contributed by atoms with Crippen molar-refractivity contribution < 1.29 is 57.5 Å². The lowest BCUT2D eigenvalue weighted by Gasteiger charge is -2.32. The molecule has 0 atom stereocenters. The van der Waals surface area contributed by atoms with Crippen LogP contribution in [0.4, 0.5) is 52.7 Å². The molecule has 0 aliphatic carbocycles. The van der Waals surface area contributed by atoms with Gasteiger partial charge in [0.2, 0.25) is 0 Å². The van der Waals surface area contributed by atoms with Crippen molar-refractivity contribution in [3.63, 3.8) is 0 Å². The molecule has 0 fully saturated rings. The molecular weight excluding hydrogens is 392 g/mol. The number of carbonyl (C=O) groups is 1. The Labute approximate surface area is 129 Å². The van der Waals surface area contributed by atoms with Gasteiger partial charge in [0.05, 0.1) is 0 Å². The second kappa shape index (κ2) is 5.52. The Morgan fingerprint density at radius 3 is 1.64 bits per heavy atom. The minimum absolute atomic E-state index is 0.0754. The summed E-state index contributed by atoms with van der Waals surface area (Å²) in [5.41, 5.74) is -3.18. The maximum Gasteiger partial charge on any atom is 0.460 e. The van der Waals surface area contributed by atoms with Gasteiger partial charge < -0.3 is 0 Å². The highest BCUT2D eigenvalue weighted by Gasteiger charge is 2.84. The molecule has 0 aliphatic heterocycles. The monoisotopic (exact) mass is 396 g/mol. The summed E-state index contributed by atoms with van der Waals surface area (Å²) in [6.07, 6.45) is -12.5. The quantitative estimate of drug-likeness (QED) is 0.714. The maximum atomic E-state index is 13.4. The summed E-state index contributed by atoms with van der Waals surface area (Å²) in [6.45, 7) is 0.482. The first-order valence-electron chi connectivity index (χ1n) is 5.67. The van der Waals surface area contributed by atoms with E-state index in [1.54, 1.807) is 0 Å². The molecule has 1 aromatic heterocycles.